The van der Waals surface area contributed by atoms with Crippen LogP contribution in [0.3, 0.4) is 0 Å². The first kappa shape index (κ1) is 24.0. The van der Waals surface area contributed by atoms with Crippen LogP contribution in [0.15, 0.2) is 94.7 Å². The van der Waals surface area contributed by atoms with Crippen molar-refractivity contribution in [2.75, 3.05) is 20.4 Å². The SMILES string of the molecule is Cc1ccc(S(=O)(=O)N[C@H](c2ccccc2)[C@@H](C(=O)N(C)C)[S+](C)c2ccccc2)cc1. The lowest BCUT2D eigenvalue weighted by Crippen LogP contribution is -2.48. The van der Waals surface area contributed by atoms with E-state index in [1.54, 1.807) is 38.4 Å². The van der Waals surface area contributed by atoms with Gasteiger partial charge in [0, 0.05) is 25.0 Å². The lowest BCUT2D eigenvalue weighted by Gasteiger charge is -2.28. The van der Waals surface area contributed by atoms with Crippen molar-refractivity contribution in [2.24, 2.45) is 0 Å². The number of carbonyl (C=O) groups is 1. The predicted octanol–water partition coefficient (Wildman–Crippen LogP) is 3.78. The van der Waals surface area contributed by atoms with Gasteiger partial charge in [0.15, 0.2) is 4.90 Å². The average molecular weight is 470 g/mol. The fourth-order valence-electron chi connectivity index (χ4n) is 3.45. The molecule has 168 valence electrons. The molecule has 5 nitrogen and oxygen atoms in total. The fourth-order valence-corrected chi connectivity index (χ4v) is 6.80. The maximum absolute atomic E-state index is 13.4. The third kappa shape index (κ3) is 5.59. The molecule has 0 spiro atoms. The van der Waals surface area contributed by atoms with Crippen LogP contribution in [0.25, 0.3) is 0 Å². The van der Waals surface area contributed by atoms with E-state index in [4.69, 9.17) is 0 Å². The van der Waals surface area contributed by atoms with Gasteiger partial charge in [0.25, 0.3) is 5.91 Å². The Bertz CT molecular complexity index is 1130. The Labute approximate surface area is 193 Å². The van der Waals surface area contributed by atoms with Crippen LogP contribution >= 0.6 is 0 Å². The summed E-state index contributed by atoms with van der Waals surface area (Å²) in [5.74, 6) is -0.125. The van der Waals surface area contributed by atoms with E-state index >= 15 is 0 Å². The van der Waals surface area contributed by atoms with Crippen LogP contribution in [0.1, 0.15) is 17.2 Å². The first-order valence-corrected chi connectivity index (χ1v) is 13.4. The third-order valence-corrected chi connectivity index (χ3v) is 8.96. The topological polar surface area (TPSA) is 66.5 Å². The van der Waals surface area contributed by atoms with Gasteiger partial charge in [-0.05, 0) is 36.8 Å². The van der Waals surface area contributed by atoms with E-state index in [-0.39, 0.29) is 10.8 Å². The van der Waals surface area contributed by atoms with Crippen LogP contribution in [0, 0.1) is 6.92 Å². The minimum atomic E-state index is -3.86. The van der Waals surface area contributed by atoms with Crippen molar-refractivity contribution in [2.45, 2.75) is 28.0 Å². The molecule has 0 saturated carbocycles. The van der Waals surface area contributed by atoms with Gasteiger partial charge in [-0.3, -0.25) is 4.79 Å². The number of hydrogen-bond acceptors (Lipinski definition) is 3. The van der Waals surface area contributed by atoms with Crippen LogP contribution in [-0.4, -0.2) is 44.8 Å². The van der Waals surface area contributed by atoms with E-state index in [0.717, 1.165) is 16.0 Å². The zero-order valence-corrected chi connectivity index (χ0v) is 20.4. The van der Waals surface area contributed by atoms with Gasteiger partial charge in [0.05, 0.1) is 4.90 Å². The van der Waals surface area contributed by atoms with Crippen molar-refractivity contribution < 1.29 is 13.2 Å². The molecule has 32 heavy (non-hydrogen) atoms. The maximum atomic E-state index is 13.4. The molecule has 3 atom stereocenters. The molecule has 7 heteroatoms. The molecule has 0 saturated heterocycles. The molecule has 3 aromatic carbocycles. The summed E-state index contributed by atoms with van der Waals surface area (Å²) in [5, 5.41) is -0.616. The molecule has 3 aromatic rings. The van der Waals surface area contributed by atoms with Gasteiger partial charge in [-0.15, -0.1) is 0 Å². The van der Waals surface area contributed by atoms with Crippen LogP contribution in [0.5, 0.6) is 0 Å². The Kier molecular flexibility index (Phi) is 7.77. The third-order valence-electron chi connectivity index (χ3n) is 5.25. The lowest BCUT2D eigenvalue weighted by molar-refractivity contribution is -0.128. The highest BCUT2D eigenvalue weighted by Crippen LogP contribution is 2.30. The zero-order chi connectivity index (χ0) is 23.3. The average Bonchev–Trinajstić information content (AvgIpc) is 2.79. The second kappa shape index (κ2) is 10.3. The van der Waals surface area contributed by atoms with Crippen molar-refractivity contribution in [1.82, 2.24) is 9.62 Å². The monoisotopic (exact) mass is 469 g/mol. The second-order valence-corrected chi connectivity index (χ2v) is 11.7. The molecule has 1 amide bonds. The number of benzene rings is 3. The molecule has 0 heterocycles. The molecule has 0 aliphatic carbocycles. The van der Waals surface area contributed by atoms with Crippen LogP contribution in [0.2, 0.25) is 0 Å². The van der Waals surface area contributed by atoms with E-state index in [9.17, 15) is 13.2 Å². The number of aryl methyl sites for hydroxylation is 1. The van der Waals surface area contributed by atoms with Gasteiger partial charge in [-0.25, -0.2) is 8.42 Å². The van der Waals surface area contributed by atoms with Crippen molar-refractivity contribution in [3.63, 3.8) is 0 Å². The summed E-state index contributed by atoms with van der Waals surface area (Å²) in [6.45, 7) is 1.91. The molecule has 0 aromatic heterocycles. The molecule has 0 bridgehead atoms. The van der Waals surface area contributed by atoms with E-state index in [0.29, 0.717) is 0 Å². The van der Waals surface area contributed by atoms with Crippen molar-refractivity contribution in [3.8, 4) is 0 Å². The van der Waals surface area contributed by atoms with Gasteiger partial charge < -0.3 is 4.90 Å². The Morgan fingerprint density at radius 3 is 1.94 bits per heavy atom. The molecule has 0 radical (unpaired) electrons. The number of sulfonamides is 1. The molecule has 3 rings (SSSR count). The van der Waals surface area contributed by atoms with Gasteiger partial charge in [0.2, 0.25) is 15.3 Å². The van der Waals surface area contributed by atoms with E-state index in [2.05, 4.69) is 4.72 Å². The summed E-state index contributed by atoms with van der Waals surface area (Å²) < 4.78 is 29.6. The van der Waals surface area contributed by atoms with Gasteiger partial charge in [0.1, 0.15) is 12.3 Å². The van der Waals surface area contributed by atoms with Gasteiger partial charge in [-0.1, -0.05) is 66.2 Å². The van der Waals surface area contributed by atoms with Crippen molar-refractivity contribution in [3.05, 3.63) is 96.1 Å². The highest BCUT2D eigenvalue weighted by molar-refractivity contribution is 7.97. The first-order valence-electron chi connectivity index (χ1n) is 10.3. The highest BCUT2D eigenvalue weighted by Gasteiger charge is 2.45. The van der Waals surface area contributed by atoms with Crippen LogP contribution in [-0.2, 0) is 25.7 Å². The first-order chi connectivity index (χ1) is 15.2. The van der Waals surface area contributed by atoms with Crippen LogP contribution < -0.4 is 4.72 Å². The predicted molar refractivity (Wildman–Crippen MR) is 131 cm³/mol. The number of nitrogens with one attached hydrogen (secondary N) is 1. The molecule has 1 N–H and O–H groups in total. The quantitative estimate of drug-likeness (QED) is 0.511. The summed E-state index contributed by atoms with van der Waals surface area (Å²) in [6, 6.07) is 25.1. The molecular formula is C25H29N2O3S2+. The van der Waals surface area contributed by atoms with Crippen molar-refractivity contribution >= 4 is 26.8 Å². The van der Waals surface area contributed by atoms with Crippen molar-refractivity contribution in [1.29, 1.82) is 0 Å². The molecule has 0 aliphatic heterocycles. The number of rotatable bonds is 8. The minimum Gasteiger partial charge on any atom is -0.344 e. The van der Waals surface area contributed by atoms with E-state index < -0.39 is 32.2 Å². The van der Waals surface area contributed by atoms with Crippen LogP contribution in [0.4, 0.5) is 0 Å². The molecule has 0 aliphatic rings. The van der Waals surface area contributed by atoms with E-state index in [1.807, 2.05) is 73.8 Å². The van der Waals surface area contributed by atoms with E-state index in [1.165, 1.54) is 4.90 Å². The summed E-state index contributed by atoms with van der Waals surface area (Å²) >= 11 is 0. The maximum Gasteiger partial charge on any atom is 0.277 e. The number of amides is 1. The summed E-state index contributed by atoms with van der Waals surface area (Å²) in [6.07, 6.45) is 2.00. The van der Waals surface area contributed by atoms with Gasteiger partial charge in [-0.2, -0.15) is 4.72 Å². The number of carbonyl (C=O) groups excluding carboxylic acids is 1. The molecular weight excluding hydrogens is 440 g/mol. The largest absolute Gasteiger partial charge is 0.344 e. The molecule has 0 fully saturated rings. The van der Waals surface area contributed by atoms with Gasteiger partial charge >= 0.3 is 0 Å². The Morgan fingerprint density at radius 1 is 0.875 bits per heavy atom. The highest BCUT2D eigenvalue weighted by atomic mass is 32.2. The zero-order valence-electron chi connectivity index (χ0n) is 18.7. The smallest absolute Gasteiger partial charge is 0.277 e. The normalized spacial score (nSPS) is 14.4. The lowest BCUT2D eigenvalue weighted by atomic mass is 10.0. The summed E-state index contributed by atoms with van der Waals surface area (Å²) in [5.41, 5.74) is 1.72. The molecule has 1 unspecified atom stereocenters. The minimum absolute atomic E-state index is 0.125. The second-order valence-electron chi connectivity index (χ2n) is 7.85. The Morgan fingerprint density at radius 2 is 1.41 bits per heavy atom. The summed E-state index contributed by atoms with van der Waals surface area (Å²) in [7, 11) is -1.02. The Balaban J connectivity index is 2.11. The fraction of sp³-hybridized carbons (Fsp3) is 0.240. The number of hydrogen-bond donors (Lipinski definition) is 1. The standard InChI is InChI=1S/C25H29N2O3S2/c1-19-15-17-22(18-16-19)32(29,30)26-23(20-11-7-5-8-12-20)24(25(28)27(2)3)31(4)21-13-9-6-10-14-21/h5-18,23-24,26H,1-4H3/q+1/t23-,24+,31?/m1/s1. The summed E-state index contributed by atoms with van der Waals surface area (Å²) in [4.78, 5) is 16.2. The number of nitrogens with zero attached hydrogens (tertiary/aromatic N) is 1. The Hall–Kier alpha value is -2.61.